The molecule has 1 N–H and O–H groups in total. The molecule has 15 heavy (non-hydrogen) atoms. The summed E-state index contributed by atoms with van der Waals surface area (Å²) < 4.78 is 0. The van der Waals surface area contributed by atoms with Gasteiger partial charge in [0.1, 0.15) is 0 Å². The first-order valence-corrected chi connectivity index (χ1v) is 6.02. The molecular formula is C12H11BrClN. The highest BCUT2D eigenvalue weighted by Crippen LogP contribution is 2.25. The minimum Gasteiger partial charge on any atom is -0.358 e. The van der Waals surface area contributed by atoms with Crippen molar-refractivity contribution in [3.63, 3.8) is 0 Å². The molecule has 0 bridgehead atoms. The van der Waals surface area contributed by atoms with Crippen LogP contribution in [0, 0.1) is 0 Å². The van der Waals surface area contributed by atoms with E-state index < -0.39 is 0 Å². The highest BCUT2D eigenvalue weighted by atomic mass is 79.9. The summed E-state index contributed by atoms with van der Waals surface area (Å²) >= 11 is 9.38. The van der Waals surface area contributed by atoms with Gasteiger partial charge in [0.25, 0.3) is 0 Å². The van der Waals surface area contributed by atoms with Crippen LogP contribution in [0.3, 0.4) is 0 Å². The van der Waals surface area contributed by atoms with Crippen molar-refractivity contribution in [1.29, 1.82) is 0 Å². The zero-order valence-electron chi connectivity index (χ0n) is 8.13. The molecule has 0 saturated heterocycles. The lowest BCUT2D eigenvalue weighted by Gasteiger charge is -2.22. The van der Waals surface area contributed by atoms with Crippen LogP contribution in [0.5, 0.6) is 0 Å². The van der Waals surface area contributed by atoms with Crippen molar-refractivity contribution in [2.24, 2.45) is 0 Å². The Morgan fingerprint density at radius 3 is 2.60 bits per heavy atom. The largest absolute Gasteiger partial charge is 0.358 e. The molecule has 0 aromatic heterocycles. The van der Waals surface area contributed by atoms with Gasteiger partial charge >= 0.3 is 0 Å². The second kappa shape index (κ2) is 4.42. The normalized spacial score (nSPS) is 20.8. The molecule has 2 rings (SSSR count). The molecule has 1 nitrogen and oxygen atoms in total. The van der Waals surface area contributed by atoms with Gasteiger partial charge in [-0.3, -0.25) is 0 Å². The third-order valence-corrected chi connectivity index (χ3v) is 3.54. The van der Waals surface area contributed by atoms with E-state index in [2.05, 4.69) is 33.9 Å². The fourth-order valence-electron chi connectivity index (χ4n) is 1.49. The zero-order valence-corrected chi connectivity index (χ0v) is 10.5. The highest BCUT2D eigenvalue weighted by Gasteiger charge is 2.15. The molecule has 0 saturated carbocycles. The number of hydrogen-bond donors (Lipinski definition) is 1. The Morgan fingerprint density at radius 2 is 2.00 bits per heavy atom. The van der Waals surface area contributed by atoms with E-state index in [4.69, 9.17) is 11.6 Å². The van der Waals surface area contributed by atoms with Gasteiger partial charge in [-0.05, 0) is 24.1 Å². The Labute approximate surface area is 103 Å². The van der Waals surface area contributed by atoms with E-state index in [0.717, 1.165) is 28.4 Å². The van der Waals surface area contributed by atoms with Gasteiger partial charge in [0, 0.05) is 16.4 Å². The Kier molecular flexibility index (Phi) is 3.17. The van der Waals surface area contributed by atoms with Crippen molar-refractivity contribution in [3.05, 3.63) is 53.2 Å². The van der Waals surface area contributed by atoms with Gasteiger partial charge in [-0.2, -0.15) is 0 Å². The maximum Gasteiger partial charge on any atom is 0.0575 e. The standard InChI is InChI=1S/C12H11BrClN/c1-8-11(13)6-7-12(15-8)9-2-4-10(14)5-3-9/h2-5,7,11,15H,1,6H2. The third kappa shape index (κ3) is 2.44. The number of alkyl halides is 1. The van der Waals surface area contributed by atoms with Gasteiger partial charge in [0.05, 0.1) is 4.83 Å². The van der Waals surface area contributed by atoms with E-state index in [0.29, 0.717) is 4.83 Å². The Bertz CT molecular complexity index is 408. The summed E-state index contributed by atoms with van der Waals surface area (Å²) in [6.07, 6.45) is 3.13. The van der Waals surface area contributed by atoms with Crippen LogP contribution in [-0.4, -0.2) is 4.83 Å². The maximum atomic E-state index is 5.84. The van der Waals surface area contributed by atoms with Crippen molar-refractivity contribution in [1.82, 2.24) is 5.32 Å². The van der Waals surface area contributed by atoms with Crippen LogP contribution in [-0.2, 0) is 0 Å². The molecule has 1 atom stereocenters. The predicted octanol–water partition coefficient (Wildman–Crippen LogP) is 3.95. The third-order valence-electron chi connectivity index (χ3n) is 2.36. The minimum absolute atomic E-state index is 0.327. The molecule has 1 aliphatic heterocycles. The smallest absolute Gasteiger partial charge is 0.0575 e. The molecule has 1 aromatic rings. The first-order chi connectivity index (χ1) is 7.16. The average Bonchev–Trinajstić information content (AvgIpc) is 2.23. The fourth-order valence-corrected chi connectivity index (χ4v) is 1.91. The van der Waals surface area contributed by atoms with Crippen LogP contribution in [0.2, 0.25) is 5.02 Å². The van der Waals surface area contributed by atoms with Gasteiger partial charge < -0.3 is 5.32 Å². The van der Waals surface area contributed by atoms with E-state index in [1.807, 2.05) is 24.3 Å². The van der Waals surface area contributed by atoms with Crippen LogP contribution < -0.4 is 5.32 Å². The fraction of sp³-hybridized carbons (Fsp3) is 0.167. The van der Waals surface area contributed by atoms with Crippen molar-refractivity contribution < 1.29 is 0 Å². The summed E-state index contributed by atoms with van der Waals surface area (Å²) in [6, 6.07) is 7.79. The van der Waals surface area contributed by atoms with Crippen LogP contribution >= 0.6 is 27.5 Å². The summed E-state index contributed by atoms with van der Waals surface area (Å²) in [4.78, 5) is 0.327. The van der Waals surface area contributed by atoms with Crippen LogP contribution in [0.15, 0.2) is 42.6 Å². The van der Waals surface area contributed by atoms with Crippen molar-refractivity contribution in [3.8, 4) is 0 Å². The highest BCUT2D eigenvalue weighted by molar-refractivity contribution is 9.09. The molecule has 1 aliphatic rings. The average molecular weight is 285 g/mol. The van der Waals surface area contributed by atoms with Gasteiger partial charge in [0.15, 0.2) is 0 Å². The number of benzene rings is 1. The van der Waals surface area contributed by atoms with E-state index in [-0.39, 0.29) is 0 Å². The number of halogens is 2. The molecule has 78 valence electrons. The summed E-state index contributed by atoms with van der Waals surface area (Å²) in [7, 11) is 0. The minimum atomic E-state index is 0.327. The van der Waals surface area contributed by atoms with E-state index in [1.54, 1.807) is 0 Å². The molecule has 0 amide bonds. The summed E-state index contributed by atoms with van der Waals surface area (Å²) in [5.74, 6) is 0. The lowest BCUT2D eigenvalue weighted by Crippen LogP contribution is -2.22. The Hall–Kier alpha value is -0.730. The van der Waals surface area contributed by atoms with E-state index in [9.17, 15) is 0 Å². The van der Waals surface area contributed by atoms with Gasteiger partial charge in [-0.25, -0.2) is 0 Å². The van der Waals surface area contributed by atoms with E-state index >= 15 is 0 Å². The molecule has 3 heteroatoms. The number of hydrogen-bond acceptors (Lipinski definition) is 1. The van der Waals surface area contributed by atoms with Gasteiger partial charge in [-0.1, -0.05) is 52.3 Å². The SMILES string of the molecule is C=C1NC(c2ccc(Cl)cc2)=CCC1Br. The van der Waals surface area contributed by atoms with Crippen molar-refractivity contribution >= 4 is 33.2 Å². The summed E-state index contributed by atoms with van der Waals surface area (Å²) in [5, 5.41) is 4.04. The molecule has 0 spiro atoms. The topological polar surface area (TPSA) is 12.0 Å². The summed E-state index contributed by atoms with van der Waals surface area (Å²) in [6.45, 7) is 3.96. The summed E-state index contributed by atoms with van der Waals surface area (Å²) in [5.41, 5.74) is 3.25. The van der Waals surface area contributed by atoms with E-state index in [1.165, 1.54) is 0 Å². The lowest BCUT2D eigenvalue weighted by atomic mass is 10.1. The van der Waals surface area contributed by atoms with Crippen LogP contribution in [0.1, 0.15) is 12.0 Å². The quantitative estimate of drug-likeness (QED) is 0.770. The molecule has 0 aliphatic carbocycles. The van der Waals surface area contributed by atoms with Crippen LogP contribution in [0.4, 0.5) is 0 Å². The zero-order chi connectivity index (χ0) is 10.8. The number of allylic oxidation sites excluding steroid dienone is 2. The van der Waals surface area contributed by atoms with Crippen molar-refractivity contribution in [2.75, 3.05) is 0 Å². The molecule has 0 radical (unpaired) electrons. The number of nitrogens with one attached hydrogen (secondary N) is 1. The molecule has 1 unspecified atom stereocenters. The Balaban J connectivity index is 2.25. The molecular weight excluding hydrogens is 273 g/mol. The van der Waals surface area contributed by atoms with Crippen LogP contribution in [0.25, 0.3) is 5.70 Å². The maximum absolute atomic E-state index is 5.84. The van der Waals surface area contributed by atoms with Crippen molar-refractivity contribution in [2.45, 2.75) is 11.2 Å². The Morgan fingerprint density at radius 1 is 1.33 bits per heavy atom. The predicted molar refractivity (Wildman–Crippen MR) is 69.0 cm³/mol. The van der Waals surface area contributed by atoms with Gasteiger partial charge in [-0.15, -0.1) is 0 Å². The van der Waals surface area contributed by atoms with Gasteiger partial charge in [0.2, 0.25) is 0 Å². The first-order valence-electron chi connectivity index (χ1n) is 4.73. The second-order valence-electron chi connectivity index (χ2n) is 3.48. The first kappa shape index (κ1) is 10.8. The molecule has 0 fully saturated rings. The molecule has 1 heterocycles. The monoisotopic (exact) mass is 283 g/mol. The lowest BCUT2D eigenvalue weighted by molar-refractivity contribution is 0.887. The molecule has 1 aromatic carbocycles. The second-order valence-corrected chi connectivity index (χ2v) is 5.02. The number of rotatable bonds is 1.